The standard InChI is InChI=1S/C14H15N3O2S/c1-2-11-7-16-13(19-11)8-17-14(18)10-6-12(20-9-10)4-3-5-15/h6-7,9H,2,5,8,15H2,1H3,(H,17,18). The fourth-order valence-electron chi connectivity index (χ4n) is 1.51. The predicted octanol–water partition coefficient (Wildman–Crippen LogP) is 1.54. The van der Waals surface area contributed by atoms with Crippen LogP contribution in [-0.2, 0) is 13.0 Å². The summed E-state index contributed by atoms with van der Waals surface area (Å²) in [6.07, 6.45) is 2.46. The van der Waals surface area contributed by atoms with Crippen molar-refractivity contribution in [3.8, 4) is 11.8 Å². The first-order valence-electron chi connectivity index (χ1n) is 6.22. The Morgan fingerprint density at radius 1 is 1.60 bits per heavy atom. The molecule has 0 aromatic carbocycles. The van der Waals surface area contributed by atoms with Gasteiger partial charge in [-0.2, -0.15) is 0 Å². The predicted molar refractivity (Wildman–Crippen MR) is 77.3 cm³/mol. The molecule has 2 aromatic rings. The molecule has 3 N–H and O–H groups in total. The topological polar surface area (TPSA) is 81.2 Å². The highest BCUT2D eigenvalue weighted by Gasteiger charge is 2.09. The number of thiophene rings is 1. The molecule has 2 heterocycles. The monoisotopic (exact) mass is 289 g/mol. The molecule has 20 heavy (non-hydrogen) atoms. The van der Waals surface area contributed by atoms with E-state index in [1.807, 2.05) is 6.92 Å². The van der Waals surface area contributed by atoms with E-state index in [0.717, 1.165) is 17.1 Å². The summed E-state index contributed by atoms with van der Waals surface area (Å²) in [6.45, 7) is 2.57. The van der Waals surface area contributed by atoms with Crippen molar-refractivity contribution in [1.82, 2.24) is 10.3 Å². The number of carbonyl (C=O) groups excluding carboxylic acids is 1. The molecule has 2 aromatic heterocycles. The number of amides is 1. The van der Waals surface area contributed by atoms with E-state index in [9.17, 15) is 4.79 Å². The molecule has 0 saturated carbocycles. The average molecular weight is 289 g/mol. The van der Waals surface area contributed by atoms with Gasteiger partial charge in [0.1, 0.15) is 5.76 Å². The molecule has 0 bridgehead atoms. The molecule has 0 aliphatic carbocycles. The lowest BCUT2D eigenvalue weighted by Gasteiger charge is -1.99. The number of hydrogen-bond donors (Lipinski definition) is 2. The number of nitrogens with one attached hydrogen (secondary N) is 1. The van der Waals surface area contributed by atoms with Crippen LogP contribution in [0.4, 0.5) is 0 Å². The lowest BCUT2D eigenvalue weighted by molar-refractivity contribution is 0.0947. The Hall–Kier alpha value is -2.10. The van der Waals surface area contributed by atoms with Gasteiger partial charge in [-0.15, -0.1) is 11.3 Å². The van der Waals surface area contributed by atoms with Crippen LogP contribution >= 0.6 is 11.3 Å². The van der Waals surface area contributed by atoms with Gasteiger partial charge in [0.05, 0.1) is 29.7 Å². The van der Waals surface area contributed by atoms with E-state index in [1.54, 1.807) is 17.6 Å². The number of aryl methyl sites for hydroxylation is 1. The molecule has 1 amide bonds. The molecule has 5 nitrogen and oxygen atoms in total. The second-order valence-electron chi connectivity index (χ2n) is 3.96. The van der Waals surface area contributed by atoms with Crippen molar-refractivity contribution in [3.05, 3.63) is 39.7 Å². The van der Waals surface area contributed by atoms with Crippen LogP contribution < -0.4 is 11.1 Å². The van der Waals surface area contributed by atoms with Gasteiger partial charge in [0, 0.05) is 11.8 Å². The Morgan fingerprint density at radius 2 is 2.45 bits per heavy atom. The van der Waals surface area contributed by atoms with Crippen molar-refractivity contribution in [2.24, 2.45) is 5.73 Å². The van der Waals surface area contributed by atoms with Crippen molar-refractivity contribution in [1.29, 1.82) is 0 Å². The number of nitrogens with zero attached hydrogens (tertiary/aromatic N) is 1. The molecule has 104 valence electrons. The third-order valence-electron chi connectivity index (χ3n) is 2.53. The van der Waals surface area contributed by atoms with Crippen LogP contribution in [0.1, 0.15) is 33.8 Å². The molecule has 6 heteroatoms. The van der Waals surface area contributed by atoms with E-state index >= 15 is 0 Å². The minimum atomic E-state index is -0.168. The number of rotatable bonds is 4. The highest BCUT2D eigenvalue weighted by molar-refractivity contribution is 7.10. The third-order valence-corrected chi connectivity index (χ3v) is 3.37. The number of hydrogen-bond acceptors (Lipinski definition) is 5. The van der Waals surface area contributed by atoms with Crippen molar-refractivity contribution < 1.29 is 9.21 Å². The van der Waals surface area contributed by atoms with Crippen LogP contribution in [0.25, 0.3) is 0 Å². The summed E-state index contributed by atoms with van der Waals surface area (Å²) < 4.78 is 5.42. The quantitative estimate of drug-likeness (QED) is 0.837. The van der Waals surface area contributed by atoms with Crippen LogP contribution in [0.2, 0.25) is 0 Å². The van der Waals surface area contributed by atoms with Crippen molar-refractivity contribution >= 4 is 17.2 Å². The maximum Gasteiger partial charge on any atom is 0.252 e. The van der Waals surface area contributed by atoms with E-state index in [-0.39, 0.29) is 12.5 Å². The third kappa shape index (κ3) is 3.70. The van der Waals surface area contributed by atoms with E-state index in [1.165, 1.54) is 11.3 Å². The fourth-order valence-corrected chi connectivity index (χ4v) is 2.27. The Labute approximate surface area is 121 Å². The van der Waals surface area contributed by atoms with Crippen LogP contribution in [0.3, 0.4) is 0 Å². The largest absolute Gasteiger partial charge is 0.444 e. The zero-order valence-corrected chi connectivity index (χ0v) is 11.9. The number of oxazole rings is 1. The van der Waals surface area contributed by atoms with Gasteiger partial charge in [-0.05, 0) is 6.07 Å². The maximum absolute atomic E-state index is 11.9. The second kappa shape index (κ2) is 6.89. The van der Waals surface area contributed by atoms with Crippen LogP contribution in [0.15, 0.2) is 22.1 Å². The Bertz CT molecular complexity index is 649. The zero-order chi connectivity index (χ0) is 14.4. The number of carbonyl (C=O) groups is 1. The molecule has 0 aliphatic heterocycles. The van der Waals surface area contributed by atoms with Gasteiger partial charge >= 0.3 is 0 Å². The van der Waals surface area contributed by atoms with Crippen LogP contribution in [0.5, 0.6) is 0 Å². The molecule has 0 atom stereocenters. The smallest absolute Gasteiger partial charge is 0.252 e. The first-order valence-corrected chi connectivity index (χ1v) is 7.10. The summed E-state index contributed by atoms with van der Waals surface area (Å²) in [5, 5.41) is 4.53. The molecular formula is C14H15N3O2S. The van der Waals surface area contributed by atoms with Crippen molar-refractivity contribution in [2.45, 2.75) is 19.9 Å². The molecule has 0 spiro atoms. The molecular weight excluding hydrogens is 274 g/mol. The normalized spacial score (nSPS) is 9.90. The highest BCUT2D eigenvalue weighted by Crippen LogP contribution is 2.13. The summed E-state index contributed by atoms with van der Waals surface area (Å²) in [5.41, 5.74) is 5.88. The molecule has 0 saturated heterocycles. The number of nitrogens with two attached hydrogens (primary N) is 1. The summed E-state index contributed by atoms with van der Waals surface area (Å²) in [4.78, 5) is 16.8. The fraction of sp³-hybridized carbons (Fsp3) is 0.286. The van der Waals surface area contributed by atoms with Gasteiger partial charge in [-0.1, -0.05) is 18.8 Å². The molecule has 0 fully saturated rings. The summed E-state index contributed by atoms with van der Waals surface area (Å²) in [7, 11) is 0. The van der Waals surface area contributed by atoms with Gasteiger partial charge in [-0.25, -0.2) is 4.98 Å². The van der Waals surface area contributed by atoms with Crippen LogP contribution in [-0.4, -0.2) is 17.4 Å². The SMILES string of the molecule is CCc1cnc(CNC(=O)c2csc(C#CCN)c2)o1. The maximum atomic E-state index is 11.9. The van der Waals surface area contributed by atoms with E-state index in [0.29, 0.717) is 18.0 Å². The van der Waals surface area contributed by atoms with Gasteiger partial charge < -0.3 is 15.5 Å². The summed E-state index contributed by atoms with van der Waals surface area (Å²) in [6, 6.07) is 1.75. The highest BCUT2D eigenvalue weighted by atomic mass is 32.1. The van der Waals surface area contributed by atoms with Crippen molar-refractivity contribution in [3.63, 3.8) is 0 Å². The Balaban J connectivity index is 1.92. The van der Waals surface area contributed by atoms with E-state index < -0.39 is 0 Å². The van der Waals surface area contributed by atoms with Gasteiger partial charge in [-0.3, -0.25) is 4.79 Å². The first kappa shape index (κ1) is 14.3. The van der Waals surface area contributed by atoms with E-state index in [4.69, 9.17) is 10.2 Å². The summed E-state index contributed by atoms with van der Waals surface area (Å²) >= 11 is 1.42. The number of aromatic nitrogens is 1. The summed E-state index contributed by atoms with van der Waals surface area (Å²) in [5.74, 6) is 6.80. The van der Waals surface area contributed by atoms with Gasteiger partial charge in [0.2, 0.25) is 5.89 Å². The lowest BCUT2D eigenvalue weighted by Crippen LogP contribution is -2.22. The lowest BCUT2D eigenvalue weighted by atomic mass is 10.3. The Morgan fingerprint density at radius 3 is 3.15 bits per heavy atom. The van der Waals surface area contributed by atoms with Gasteiger partial charge in [0.15, 0.2) is 0 Å². The first-order chi connectivity index (χ1) is 9.72. The van der Waals surface area contributed by atoms with E-state index in [2.05, 4.69) is 22.1 Å². The zero-order valence-electron chi connectivity index (χ0n) is 11.1. The average Bonchev–Trinajstić information content (AvgIpc) is 3.11. The van der Waals surface area contributed by atoms with Crippen LogP contribution in [0, 0.1) is 11.8 Å². The molecule has 0 radical (unpaired) electrons. The minimum absolute atomic E-state index is 0.168. The Kier molecular flexibility index (Phi) is 4.93. The molecule has 0 unspecified atom stereocenters. The minimum Gasteiger partial charge on any atom is -0.444 e. The van der Waals surface area contributed by atoms with Gasteiger partial charge in [0.25, 0.3) is 5.91 Å². The second-order valence-corrected chi connectivity index (χ2v) is 4.87. The van der Waals surface area contributed by atoms with Crippen molar-refractivity contribution in [2.75, 3.05) is 6.54 Å². The molecule has 2 rings (SSSR count). The molecule has 0 aliphatic rings.